The number of rotatable bonds is 4. The number of hydrogen-bond acceptors (Lipinski definition) is 2. The number of carbonyl (C=O) groups is 1. The Bertz CT molecular complexity index is 654. The van der Waals surface area contributed by atoms with Crippen molar-refractivity contribution >= 4 is 17.4 Å². The number of urea groups is 1. The van der Waals surface area contributed by atoms with E-state index >= 15 is 0 Å². The summed E-state index contributed by atoms with van der Waals surface area (Å²) in [6.45, 7) is 5.54. The van der Waals surface area contributed by atoms with Gasteiger partial charge in [-0.15, -0.1) is 0 Å². The van der Waals surface area contributed by atoms with E-state index in [1.807, 2.05) is 13.8 Å². The van der Waals surface area contributed by atoms with Crippen LogP contribution in [0.5, 0.6) is 5.75 Å². The Morgan fingerprint density at radius 3 is 2.23 bits per heavy atom. The molecule has 0 unspecified atom stereocenters. The lowest BCUT2D eigenvalue weighted by atomic mass is 10.2. The zero-order valence-corrected chi connectivity index (χ0v) is 12.8. The van der Waals surface area contributed by atoms with Gasteiger partial charge in [-0.05, 0) is 68.8 Å². The van der Waals surface area contributed by atoms with Gasteiger partial charge in [-0.3, -0.25) is 0 Å². The second-order valence-electron chi connectivity index (χ2n) is 5.23. The maximum absolute atomic E-state index is 13.2. The van der Waals surface area contributed by atoms with Crippen LogP contribution in [0.15, 0.2) is 42.5 Å². The van der Waals surface area contributed by atoms with Crippen molar-refractivity contribution in [2.24, 2.45) is 0 Å². The number of anilines is 2. The summed E-state index contributed by atoms with van der Waals surface area (Å²) in [7, 11) is 0. The van der Waals surface area contributed by atoms with Crippen LogP contribution in [0.2, 0.25) is 0 Å². The zero-order valence-electron chi connectivity index (χ0n) is 12.8. The summed E-state index contributed by atoms with van der Waals surface area (Å²) >= 11 is 0. The number of ether oxygens (including phenoxy) is 1. The van der Waals surface area contributed by atoms with Crippen LogP contribution in [0.25, 0.3) is 0 Å². The second-order valence-corrected chi connectivity index (χ2v) is 5.23. The number of halogens is 1. The largest absolute Gasteiger partial charge is 0.491 e. The molecule has 0 aliphatic heterocycles. The van der Waals surface area contributed by atoms with Crippen molar-refractivity contribution in [3.05, 3.63) is 53.8 Å². The molecule has 0 aliphatic carbocycles. The van der Waals surface area contributed by atoms with Crippen LogP contribution >= 0.6 is 0 Å². The Morgan fingerprint density at radius 1 is 1.05 bits per heavy atom. The summed E-state index contributed by atoms with van der Waals surface area (Å²) in [5.74, 6) is 0.446. The van der Waals surface area contributed by atoms with E-state index < -0.39 is 0 Å². The summed E-state index contributed by atoms with van der Waals surface area (Å²) in [5, 5.41) is 5.36. The van der Waals surface area contributed by atoms with Crippen LogP contribution in [-0.4, -0.2) is 12.1 Å². The molecule has 0 fully saturated rings. The molecule has 0 radical (unpaired) electrons. The van der Waals surface area contributed by atoms with Crippen molar-refractivity contribution < 1.29 is 13.9 Å². The lowest BCUT2D eigenvalue weighted by molar-refractivity contribution is 0.242. The third kappa shape index (κ3) is 4.48. The SMILES string of the molecule is Cc1cc(NC(=O)Nc2ccc(OC(C)C)cc2)ccc1F. The summed E-state index contributed by atoms with van der Waals surface area (Å²) < 4.78 is 18.7. The highest BCUT2D eigenvalue weighted by atomic mass is 19.1. The van der Waals surface area contributed by atoms with Crippen LogP contribution in [0.4, 0.5) is 20.6 Å². The Hall–Kier alpha value is -2.56. The topological polar surface area (TPSA) is 50.4 Å². The standard InChI is InChI=1S/C17H19FN2O2/c1-11(2)22-15-7-4-13(5-8-15)19-17(21)20-14-6-9-16(18)12(3)10-14/h4-11H,1-3H3,(H2,19,20,21). The Labute approximate surface area is 129 Å². The molecule has 0 heterocycles. The number of amides is 2. The highest BCUT2D eigenvalue weighted by molar-refractivity contribution is 5.99. The van der Waals surface area contributed by atoms with Crippen LogP contribution in [0.3, 0.4) is 0 Å². The molecule has 0 spiro atoms. The van der Waals surface area contributed by atoms with Crippen LogP contribution < -0.4 is 15.4 Å². The third-order valence-electron chi connectivity index (χ3n) is 2.90. The lowest BCUT2D eigenvalue weighted by Gasteiger charge is -2.11. The molecule has 22 heavy (non-hydrogen) atoms. The van der Waals surface area contributed by atoms with Gasteiger partial charge in [0.25, 0.3) is 0 Å². The quantitative estimate of drug-likeness (QED) is 0.869. The molecular formula is C17H19FN2O2. The number of nitrogens with one attached hydrogen (secondary N) is 2. The van der Waals surface area contributed by atoms with E-state index in [-0.39, 0.29) is 18.0 Å². The van der Waals surface area contributed by atoms with Gasteiger partial charge in [0.05, 0.1) is 6.10 Å². The number of benzene rings is 2. The first-order valence-corrected chi connectivity index (χ1v) is 7.05. The molecular weight excluding hydrogens is 283 g/mol. The average Bonchev–Trinajstić information content (AvgIpc) is 2.44. The molecule has 4 nitrogen and oxygen atoms in total. The van der Waals surface area contributed by atoms with Gasteiger partial charge in [-0.25, -0.2) is 9.18 Å². The van der Waals surface area contributed by atoms with E-state index in [1.54, 1.807) is 37.3 Å². The molecule has 0 saturated heterocycles. The fraction of sp³-hybridized carbons (Fsp3) is 0.235. The first-order chi connectivity index (χ1) is 10.4. The van der Waals surface area contributed by atoms with E-state index in [1.165, 1.54) is 12.1 Å². The minimum Gasteiger partial charge on any atom is -0.491 e. The molecule has 0 bridgehead atoms. The third-order valence-corrected chi connectivity index (χ3v) is 2.90. The van der Waals surface area contributed by atoms with Crippen molar-refractivity contribution in [3.63, 3.8) is 0 Å². The highest BCUT2D eigenvalue weighted by Crippen LogP contribution is 2.18. The van der Waals surface area contributed by atoms with Crippen molar-refractivity contribution in [2.75, 3.05) is 10.6 Å². The van der Waals surface area contributed by atoms with Gasteiger partial charge in [0, 0.05) is 11.4 Å². The predicted octanol–water partition coefficient (Wildman–Crippen LogP) is 4.57. The molecule has 5 heteroatoms. The normalized spacial score (nSPS) is 10.4. The molecule has 2 amide bonds. The average molecular weight is 302 g/mol. The fourth-order valence-electron chi connectivity index (χ4n) is 1.90. The molecule has 2 rings (SSSR count). The zero-order chi connectivity index (χ0) is 16.1. The summed E-state index contributed by atoms with van der Waals surface area (Å²) in [6.07, 6.45) is 0.101. The van der Waals surface area contributed by atoms with Crippen LogP contribution in [0, 0.1) is 12.7 Å². The van der Waals surface area contributed by atoms with Crippen LogP contribution in [-0.2, 0) is 0 Å². The Balaban J connectivity index is 1.95. The summed E-state index contributed by atoms with van der Waals surface area (Å²) in [4.78, 5) is 11.9. The molecule has 0 aromatic heterocycles. The molecule has 0 atom stereocenters. The Kier molecular flexibility index (Phi) is 4.99. The first-order valence-electron chi connectivity index (χ1n) is 7.05. The maximum atomic E-state index is 13.2. The van der Waals surface area contributed by atoms with Gasteiger partial charge >= 0.3 is 6.03 Å². The van der Waals surface area contributed by atoms with Crippen molar-refractivity contribution in [1.82, 2.24) is 0 Å². The maximum Gasteiger partial charge on any atom is 0.323 e. The van der Waals surface area contributed by atoms with Crippen LogP contribution in [0.1, 0.15) is 19.4 Å². The van der Waals surface area contributed by atoms with Crippen molar-refractivity contribution in [3.8, 4) is 5.75 Å². The second kappa shape index (κ2) is 6.93. The highest BCUT2D eigenvalue weighted by Gasteiger charge is 2.05. The fourth-order valence-corrected chi connectivity index (χ4v) is 1.90. The predicted molar refractivity (Wildman–Crippen MR) is 86.0 cm³/mol. The van der Waals surface area contributed by atoms with Gasteiger partial charge in [0.1, 0.15) is 11.6 Å². The molecule has 0 saturated carbocycles. The van der Waals surface area contributed by atoms with Gasteiger partial charge in [-0.1, -0.05) is 0 Å². The number of carbonyl (C=O) groups excluding carboxylic acids is 1. The number of hydrogen-bond donors (Lipinski definition) is 2. The molecule has 116 valence electrons. The minimum atomic E-state index is -0.386. The molecule has 2 aromatic carbocycles. The van der Waals surface area contributed by atoms with Gasteiger partial charge in [0.15, 0.2) is 0 Å². The summed E-state index contributed by atoms with van der Waals surface area (Å²) in [5.41, 5.74) is 1.66. The molecule has 2 aromatic rings. The molecule has 0 aliphatic rings. The van der Waals surface area contributed by atoms with Gasteiger partial charge < -0.3 is 15.4 Å². The smallest absolute Gasteiger partial charge is 0.323 e. The number of aryl methyl sites for hydroxylation is 1. The lowest BCUT2D eigenvalue weighted by Crippen LogP contribution is -2.19. The minimum absolute atomic E-state index is 0.101. The van der Waals surface area contributed by atoms with E-state index in [4.69, 9.17) is 4.74 Å². The Morgan fingerprint density at radius 2 is 1.64 bits per heavy atom. The van der Waals surface area contributed by atoms with Crippen molar-refractivity contribution in [2.45, 2.75) is 26.9 Å². The van der Waals surface area contributed by atoms with E-state index in [0.717, 1.165) is 5.75 Å². The van der Waals surface area contributed by atoms with Crippen molar-refractivity contribution in [1.29, 1.82) is 0 Å². The van der Waals surface area contributed by atoms with Gasteiger partial charge in [0.2, 0.25) is 0 Å². The van der Waals surface area contributed by atoms with E-state index in [2.05, 4.69) is 10.6 Å². The summed E-state index contributed by atoms with van der Waals surface area (Å²) in [6, 6.07) is 11.1. The molecule has 2 N–H and O–H groups in total. The van der Waals surface area contributed by atoms with E-state index in [9.17, 15) is 9.18 Å². The monoisotopic (exact) mass is 302 g/mol. The van der Waals surface area contributed by atoms with Gasteiger partial charge in [-0.2, -0.15) is 0 Å². The van der Waals surface area contributed by atoms with E-state index in [0.29, 0.717) is 16.9 Å². The first kappa shape index (κ1) is 15.8.